The van der Waals surface area contributed by atoms with Crippen molar-refractivity contribution in [2.45, 2.75) is 12.2 Å². The van der Waals surface area contributed by atoms with Gasteiger partial charge in [-0.1, -0.05) is 30.3 Å². The minimum atomic E-state index is -4.64. The zero-order chi connectivity index (χ0) is 12.9. The zero-order valence-electron chi connectivity index (χ0n) is 9.15. The molecule has 94 valence electrons. The summed E-state index contributed by atoms with van der Waals surface area (Å²) in [6.45, 7) is -0.111. The Morgan fingerprint density at radius 2 is 1.94 bits per heavy atom. The second-order valence-corrected chi connectivity index (χ2v) is 3.41. The van der Waals surface area contributed by atoms with Crippen LogP contribution in [-0.4, -0.2) is 30.8 Å². The van der Waals surface area contributed by atoms with E-state index in [0.717, 1.165) is 0 Å². The molecular formula is C11H12F3NO2. The highest BCUT2D eigenvalue weighted by Crippen LogP contribution is 2.19. The van der Waals surface area contributed by atoms with Crippen LogP contribution in [-0.2, 0) is 4.74 Å². The first-order valence-electron chi connectivity index (χ1n) is 4.86. The maximum absolute atomic E-state index is 12.1. The highest BCUT2D eigenvalue weighted by atomic mass is 19.4. The van der Waals surface area contributed by atoms with Gasteiger partial charge in [-0.25, -0.2) is 0 Å². The second-order valence-electron chi connectivity index (χ2n) is 3.41. The van der Waals surface area contributed by atoms with Gasteiger partial charge < -0.3 is 9.94 Å². The highest BCUT2D eigenvalue weighted by Gasteiger charge is 2.32. The average molecular weight is 247 g/mol. The third kappa shape index (κ3) is 4.44. The van der Waals surface area contributed by atoms with E-state index in [1.807, 2.05) is 0 Å². The summed E-state index contributed by atoms with van der Waals surface area (Å²) in [6, 6.07) is 7.19. The number of hydrogen-bond acceptors (Lipinski definition) is 2. The topological polar surface area (TPSA) is 35.3 Å². The van der Waals surface area contributed by atoms with Crippen LogP contribution in [0.15, 0.2) is 30.3 Å². The molecule has 6 heteroatoms. The summed E-state index contributed by atoms with van der Waals surface area (Å²) in [5, 5.41) is 11.4. The van der Waals surface area contributed by atoms with Crippen LogP contribution in [0.5, 0.6) is 0 Å². The molecule has 0 spiro atoms. The van der Waals surface area contributed by atoms with E-state index in [9.17, 15) is 18.4 Å². The average Bonchev–Trinajstić information content (AvgIpc) is 2.24. The van der Waals surface area contributed by atoms with Crippen molar-refractivity contribution in [1.29, 1.82) is 0 Å². The first kappa shape index (κ1) is 13.5. The lowest BCUT2D eigenvalue weighted by Gasteiger charge is -2.17. The van der Waals surface area contributed by atoms with Gasteiger partial charge in [0.1, 0.15) is 6.61 Å². The summed E-state index contributed by atoms with van der Waals surface area (Å²) in [7, 11) is 1.33. The lowest BCUT2D eigenvalue weighted by atomic mass is 10.1. The normalized spacial score (nSPS) is 14.7. The van der Waals surface area contributed by atoms with Crippen LogP contribution in [0.2, 0.25) is 0 Å². The molecule has 1 aromatic rings. The molecule has 0 aliphatic carbocycles. The Morgan fingerprint density at radius 1 is 1.35 bits per heavy atom. The van der Waals surface area contributed by atoms with E-state index in [4.69, 9.17) is 4.74 Å². The van der Waals surface area contributed by atoms with E-state index < -0.39 is 12.2 Å². The van der Waals surface area contributed by atoms with Crippen molar-refractivity contribution in [1.82, 2.24) is 0 Å². The summed E-state index contributed by atoms with van der Waals surface area (Å²) in [5.74, 6) is 0. The van der Waals surface area contributed by atoms with Gasteiger partial charge >= 0.3 is 6.18 Å². The molecule has 0 amide bonds. The van der Waals surface area contributed by atoms with Crippen molar-refractivity contribution in [3.8, 4) is 0 Å². The van der Waals surface area contributed by atoms with Crippen molar-refractivity contribution in [2.75, 3.05) is 13.7 Å². The summed E-state index contributed by atoms with van der Waals surface area (Å²) in [5.41, 5.74) is 0.477. The minimum absolute atomic E-state index is 0.111. The zero-order valence-corrected chi connectivity index (χ0v) is 9.15. The Hall–Kier alpha value is -1.56. The first-order valence-corrected chi connectivity index (χ1v) is 4.86. The summed E-state index contributed by atoms with van der Waals surface area (Å²) < 4.78 is 40.9. The number of halogens is 3. The fraction of sp³-hybridized carbons (Fsp3) is 0.364. The number of benzene rings is 1. The predicted molar refractivity (Wildman–Crippen MR) is 56.8 cm³/mol. The largest absolute Gasteiger partial charge is 0.623 e. The monoisotopic (exact) mass is 247 g/mol. The van der Waals surface area contributed by atoms with Gasteiger partial charge in [-0.2, -0.15) is 17.9 Å². The molecule has 0 aromatic heterocycles. The summed E-state index contributed by atoms with van der Waals surface area (Å²) in [6.07, 6.45) is -4.94. The van der Waals surface area contributed by atoms with Gasteiger partial charge in [0.25, 0.3) is 6.21 Å². The molecule has 0 aliphatic heterocycles. The Labute approximate surface area is 96.7 Å². The van der Waals surface area contributed by atoms with Gasteiger partial charge in [0.2, 0.25) is 6.04 Å². The molecule has 1 aromatic carbocycles. The van der Waals surface area contributed by atoms with Gasteiger partial charge in [0.15, 0.2) is 0 Å². The van der Waals surface area contributed by atoms with Crippen LogP contribution in [0.25, 0.3) is 0 Å². The molecule has 0 bridgehead atoms. The van der Waals surface area contributed by atoms with Crippen LogP contribution in [0.3, 0.4) is 0 Å². The van der Waals surface area contributed by atoms with Crippen LogP contribution in [0, 0.1) is 5.21 Å². The Balaban J connectivity index is 2.98. The quantitative estimate of drug-likeness (QED) is 0.354. The van der Waals surface area contributed by atoms with Crippen molar-refractivity contribution in [2.24, 2.45) is 0 Å². The van der Waals surface area contributed by atoms with Gasteiger partial charge in [0, 0.05) is 12.7 Å². The second kappa shape index (κ2) is 5.67. The van der Waals surface area contributed by atoms with Gasteiger partial charge in [0.05, 0.1) is 0 Å². The lowest BCUT2D eigenvalue weighted by molar-refractivity contribution is -0.514. The van der Waals surface area contributed by atoms with Crippen molar-refractivity contribution in [3.63, 3.8) is 0 Å². The number of hydrogen-bond donors (Lipinski definition) is 0. The van der Waals surface area contributed by atoms with E-state index in [1.54, 1.807) is 30.3 Å². The molecule has 0 radical (unpaired) electrons. The number of rotatable bonds is 4. The van der Waals surface area contributed by atoms with Gasteiger partial charge in [-0.15, -0.1) is 0 Å². The Kier molecular flexibility index (Phi) is 4.51. The maximum Gasteiger partial charge on any atom is 0.470 e. The minimum Gasteiger partial charge on any atom is -0.623 e. The Morgan fingerprint density at radius 3 is 2.41 bits per heavy atom. The smallest absolute Gasteiger partial charge is 0.470 e. The summed E-state index contributed by atoms with van der Waals surface area (Å²) in [4.78, 5) is 0. The van der Waals surface area contributed by atoms with E-state index in [0.29, 0.717) is 5.56 Å². The van der Waals surface area contributed by atoms with E-state index in [1.165, 1.54) is 7.11 Å². The van der Waals surface area contributed by atoms with E-state index >= 15 is 0 Å². The Bertz CT molecular complexity index is 376. The molecule has 0 fully saturated rings. The van der Waals surface area contributed by atoms with Gasteiger partial charge in [-0.3, -0.25) is 0 Å². The lowest BCUT2D eigenvalue weighted by Crippen LogP contribution is -2.25. The maximum atomic E-state index is 12.1. The molecule has 1 rings (SSSR count). The fourth-order valence-corrected chi connectivity index (χ4v) is 1.38. The van der Waals surface area contributed by atoms with Crippen LogP contribution >= 0.6 is 0 Å². The molecule has 17 heavy (non-hydrogen) atoms. The first-order chi connectivity index (χ1) is 7.94. The molecule has 0 saturated heterocycles. The van der Waals surface area contributed by atoms with Crippen LogP contribution < -0.4 is 0 Å². The van der Waals surface area contributed by atoms with E-state index in [2.05, 4.69) is 0 Å². The van der Waals surface area contributed by atoms with E-state index in [-0.39, 0.29) is 17.6 Å². The number of ether oxygens (including phenoxy) is 1. The van der Waals surface area contributed by atoms with Crippen LogP contribution in [0.1, 0.15) is 11.6 Å². The molecule has 3 nitrogen and oxygen atoms in total. The molecule has 0 heterocycles. The van der Waals surface area contributed by atoms with Gasteiger partial charge in [-0.05, 0) is 0 Å². The number of nitrogens with zero attached hydrogens (tertiary/aromatic N) is 1. The van der Waals surface area contributed by atoms with Crippen molar-refractivity contribution < 1.29 is 22.6 Å². The van der Waals surface area contributed by atoms with Crippen molar-refractivity contribution in [3.05, 3.63) is 41.1 Å². The third-order valence-corrected chi connectivity index (χ3v) is 2.09. The molecule has 0 saturated carbocycles. The summed E-state index contributed by atoms with van der Waals surface area (Å²) >= 11 is 0. The molecular weight excluding hydrogens is 235 g/mol. The molecule has 0 aliphatic rings. The molecule has 0 N–H and O–H groups in total. The van der Waals surface area contributed by atoms with Crippen molar-refractivity contribution >= 4 is 6.21 Å². The predicted octanol–water partition coefficient (Wildman–Crippen LogP) is 2.52. The molecule has 1 atom stereocenters. The fourth-order valence-electron chi connectivity index (χ4n) is 1.38. The highest BCUT2D eigenvalue weighted by molar-refractivity contribution is 5.58. The SMILES string of the molecule is COC[C@@H](c1ccccc1)/[N+]([O-])=C/C(F)(F)F. The number of hydroxylamine groups is 1. The molecule has 0 unspecified atom stereocenters. The standard InChI is InChI=1S/C11H12F3NO2/c1-17-7-10(9-5-3-2-4-6-9)15(16)8-11(12,13)14/h2-6,8,10H,7H2,1H3/b15-8-/t10-/m0/s1. The van der Waals surface area contributed by atoms with Crippen LogP contribution in [0.4, 0.5) is 13.2 Å². The number of alkyl halides is 3. The number of methoxy groups -OCH3 is 1. The third-order valence-electron chi connectivity index (χ3n) is 2.09.